The van der Waals surface area contributed by atoms with E-state index in [4.69, 9.17) is 9.15 Å². The van der Waals surface area contributed by atoms with Gasteiger partial charge in [-0.3, -0.25) is 14.9 Å². The van der Waals surface area contributed by atoms with E-state index in [1.54, 1.807) is 0 Å². The van der Waals surface area contributed by atoms with E-state index in [0.29, 0.717) is 11.8 Å². The van der Waals surface area contributed by atoms with Crippen LogP contribution in [0.15, 0.2) is 22.6 Å². The minimum absolute atomic E-state index is 0.135. The van der Waals surface area contributed by atoms with Crippen LogP contribution >= 0.6 is 15.9 Å². The molecule has 0 fully saturated rings. The Morgan fingerprint density at radius 3 is 2.72 bits per heavy atom. The molecule has 0 radical (unpaired) electrons. The van der Waals surface area contributed by atoms with Crippen molar-refractivity contribution in [3.05, 3.63) is 29.8 Å². The highest BCUT2D eigenvalue weighted by Crippen LogP contribution is 2.47. The number of hydrogen-bond donors (Lipinski definition) is 2. The van der Waals surface area contributed by atoms with Gasteiger partial charge >= 0.3 is 5.97 Å². The molecule has 0 aliphatic rings. The van der Waals surface area contributed by atoms with Crippen LogP contribution in [0.25, 0.3) is 11.3 Å². The van der Waals surface area contributed by atoms with Gasteiger partial charge in [-0.05, 0) is 24.6 Å². The molecule has 0 aliphatic heterocycles. The Morgan fingerprint density at radius 1 is 1.36 bits per heavy atom. The summed E-state index contributed by atoms with van der Waals surface area (Å²) in [5, 5.41) is 13.1. The smallest absolute Gasteiger partial charge is 0.308 e. The first-order valence-electron chi connectivity index (χ1n) is 7.19. The van der Waals surface area contributed by atoms with Crippen molar-refractivity contribution in [3.8, 4) is 22.8 Å². The molecule has 2 aromatic rings. The third-order valence-corrected chi connectivity index (χ3v) is 3.61. The van der Waals surface area contributed by atoms with Gasteiger partial charge in [0.25, 0.3) is 0 Å². The highest BCUT2D eigenvalue weighted by molar-refractivity contribution is 9.09. The average Bonchev–Trinajstić information content (AvgIpc) is 2.84. The van der Waals surface area contributed by atoms with Gasteiger partial charge in [-0.25, -0.2) is 8.78 Å². The Morgan fingerprint density at radius 2 is 2.08 bits per heavy atom. The second kappa shape index (κ2) is 8.11. The first-order chi connectivity index (χ1) is 11.8. The fourth-order valence-corrected chi connectivity index (χ4v) is 2.28. The predicted octanol–water partition coefficient (Wildman–Crippen LogP) is 3.97. The monoisotopic (exact) mass is 417 g/mol. The van der Waals surface area contributed by atoms with Crippen molar-refractivity contribution in [1.82, 2.24) is 0 Å². The Balaban J connectivity index is 2.46. The Kier molecular flexibility index (Phi) is 6.13. The molecule has 2 rings (SSSR count). The molecule has 1 amide bonds. The highest BCUT2D eigenvalue weighted by Gasteiger charge is 2.27. The van der Waals surface area contributed by atoms with Gasteiger partial charge in [0, 0.05) is 18.7 Å². The van der Waals surface area contributed by atoms with Gasteiger partial charge < -0.3 is 14.3 Å². The van der Waals surface area contributed by atoms with E-state index < -0.39 is 40.8 Å². The van der Waals surface area contributed by atoms with E-state index in [1.807, 2.05) is 0 Å². The normalized spacial score (nSPS) is 10.6. The standard InChI is InChI=1S/C16H14BrF2NO5/c1-8(21)24-15-13(23)14(10-7-9(18)4-5-11(10)19)25-16(15)20-12(22)3-2-6-17/h4-5,7,23H,2-3,6H2,1H3,(H,20,22). The fourth-order valence-electron chi connectivity index (χ4n) is 2.00. The third-order valence-electron chi connectivity index (χ3n) is 3.05. The van der Waals surface area contributed by atoms with Crippen molar-refractivity contribution < 1.29 is 32.6 Å². The molecule has 2 N–H and O–H groups in total. The second-order valence-electron chi connectivity index (χ2n) is 5.00. The summed E-state index contributed by atoms with van der Waals surface area (Å²) in [6, 6.07) is 2.56. The first kappa shape index (κ1) is 18.9. The van der Waals surface area contributed by atoms with Crippen LogP contribution in [-0.4, -0.2) is 22.3 Å². The second-order valence-corrected chi connectivity index (χ2v) is 5.79. The quantitative estimate of drug-likeness (QED) is 0.548. The largest absolute Gasteiger partial charge is 0.502 e. The van der Waals surface area contributed by atoms with Crippen LogP contribution < -0.4 is 10.1 Å². The van der Waals surface area contributed by atoms with Gasteiger partial charge in [0.1, 0.15) is 11.6 Å². The zero-order valence-corrected chi connectivity index (χ0v) is 14.7. The minimum Gasteiger partial charge on any atom is -0.502 e. The summed E-state index contributed by atoms with van der Waals surface area (Å²) in [6.07, 6.45) is 0.669. The molecular weight excluding hydrogens is 404 g/mol. The summed E-state index contributed by atoms with van der Waals surface area (Å²) < 4.78 is 37.4. The molecule has 25 heavy (non-hydrogen) atoms. The Labute approximate surface area is 149 Å². The molecular formula is C16H14BrF2NO5. The molecule has 6 nitrogen and oxygen atoms in total. The highest BCUT2D eigenvalue weighted by atomic mass is 79.9. The van der Waals surface area contributed by atoms with Gasteiger partial charge in [0.2, 0.25) is 23.3 Å². The maximum absolute atomic E-state index is 13.9. The van der Waals surface area contributed by atoms with E-state index >= 15 is 0 Å². The zero-order chi connectivity index (χ0) is 18.6. The molecule has 0 unspecified atom stereocenters. The molecule has 0 atom stereocenters. The summed E-state index contributed by atoms with van der Waals surface area (Å²) in [4.78, 5) is 23.1. The lowest BCUT2D eigenvalue weighted by Crippen LogP contribution is -2.12. The van der Waals surface area contributed by atoms with Crippen LogP contribution in [0, 0.1) is 11.6 Å². The number of carbonyl (C=O) groups excluding carboxylic acids is 2. The van der Waals surface area contributed by atoms with E-state index in [2.05, 4.69) is 21.2 Å². The lowest BCUT2D eigenvalue weighted by molar-refractivity contribution is -0.132. The molecule has 0 aliphatic carbocycles. The fraction of sp³-hybridized carbons (Fsp3) is 0.250. The number of amides is 1. The van der Waals surface area contributed by atoms with Crippen LogP contribution in [0.2, 0.25) is 0 Å². The molecule has 0 spiro atoms. The van der Waals surface area contributed by atoms with Gasteiger partial charge in [0.15, 0.2) is 5.76 Å². The molecule has 1 heterocycles. The number of ether oxygens (including phenoxy) is 1. The van der Waals surface area contributed by atoms with Crippen LogP contribution in [0.4, 0.5) is 14.7 Å². The summed E-state index contributed by atoms with van der Waals surface area (Å²) in [7, 11) is 0. The van der Waals surface area contributed by atoms with Crippen molar-refractivity contribution in [3.63, 3.8) is 0 Å². The maximum Gasteiger partial charge on any atom is 0.308 e. The van der Waals surface area contributed by atoms with Crippen molar-refractivity contribution in [2.45, 2.75) is 19.8 Å². The van der Waals surface area contributed by atoms with E-state index in [9.17, 15) is 23.5 Å². The first-order valence-corrected chi connectivity index (χ1v) is 8.31. The number of hydrogen-bond acceptors (Lipinski definition) is 5. The van der Waals surface area contributed by atoms with E-state index in [0.717, 1.165) is 25.1 Å². The topological polar surface area (TPSA) is 88.8 Å². The van der Waals surface area contributed by atoms with Crippen LogP contribution in [-0.2, 0) is 9.59 Å². The van der Waals surface area contributed by atoms with Crippen molar-refractivity contribution in [2.75, 3.05) is 10.6 Å². The van der Waals surface area contributed by atoms with Crippen LogP contribution in [0.1, 0.15) is 19.8 Å². The summed E-state index contributed by atoms with van der Waals surface area (Å²) in [5.41, 5.74) is -0.383. The number of benzene rings is 1. The predicted molar refractivity (Wildman–Crippen MR) is 88.7 cm³/mol. The van der Waals surface area contributed by atoms with Crippen LogP contribution in [0.5, 0.6) is 11.5 Å². The van der Waals surface area contributed by atoms with Crippen molar-refractivity contribution in [2.24, 2.45) is 0 Å². The van der Waals surface area contributed by atoms with E-state index in [-0.39, 0.29) is 17.9 Å². The number of aromatic hydroxyl groups is 1. The number of anilines is 1. The number of rotatable bonds is 6. The lowest BCUT2D eigenvalue weighted by atomic mass is 10.1. The third kappa shape index (κ3) is 4.56. The SMILES string of the molecule is CC(=O)Oc1c(NC(=O)CCCBr)oc(-c2cc(F)ccc2F)c1O. The molecule has 0 bridgehead atoms. The molecule has 134 valence electrons. The minimum atomic E-state index is -0.864. The number of carbonyl (C=O) groups is 2. The summed E-state index contributed by atoms with van der Waals surface area (Å²) in [6.45, 7) is 1.07. The Bertz CT molecular complexity index is 806. The number of esters is 1. The lowest BCUT2D eigenvalue weighted by Gasteiger charge is -2.04. The average molecular weight is 418 g/mol. The summed E-state index contributed by atoms with van der Waals surface area (Å²) in [5.74, 6) is -4.92. The number of alkyl halides is 1. The molecule has 9 heteroatoms. The number of halogens is 3. The Hall–Kier alpha value is -2.42. The zero-order valence-electron chi connectivity index (χ0n) is 13.1. The molecule has 1 aromatic heterocycles. The van der Waals surface area contributed by atoms with Crippen molar-refractivity contribution >= 4 is 33.7 Å². The number of furan rings is 1. The summed E-state index contributed by atoms with van der Waals surface area (Å²) >= 11 is 3.18. The maximum atomic E-state index is 13.9. The van der Waals surface area contributed by atoms with Crippen molar-refractivity contribution in [1.29, 1.82) is 0 Å². The van der Waals surface area contributed by atoms with Gasteiger partial charge in [0.05, 0.1) is 5.56 Å². The van der Waals surface area contributed by atoms with Gasteiger partial charge in [-0.1, -0.05) is 15.9 Å². The van der Waals surface area contributed by atoms with Gasteiger partial charge in [-0.15, -0.1) is 0 Å². The molecule has 1 aromatic carbocycles. The van der Waals surface area contributed by atoms with Crippen LogP contribution in [0.3, 0.4) is 0 Å². The van der Waals surface area contributed by atoms with Gasteiger partial charge in [-0.2, -0.15) is 0 Å². The van der Waals surface area contributed by atoms with E-state index in [1.165, 1.54) is 0 Å². The molecule has 0 saturated carbocycles. The number of nitrogens with one attached hydrogen (secondary N) is 1. The molecule has 0 saturated heterocycles.